The highest BCUT2D eigenvalue weighted by atomic mass is 15.2. The van der Waals surface area contributed by atoms with E-state index in [-0.39, 0.29) is 0 Å². The van der Waals surface area contributed by atoms with E-state index < -0.39 is 0 Å². The first-order chi connectivity index (χ1) is 12.9. The van der Waals surface area contributed by atoms with E-state index >= 15 is 0 Å². The predicted molar refractivity (Wildman–Crippen MR) is 104 cm³/mol. The molecule has 2 aromatic carbocycles. The summed E-state index contributed by atoms with van der Waals surface area (Å²) in [6.07, 6.45) is 1.75. The van der Waals surface area contributed by atoms with Gasteiger partial charge in [-0.3, -0.25) is 4.98 Å². The Morgan fingerprint density at radius 2 is 1.54 bits per heavy atom. The van der Waals surface area contributed by atoms with Crippen LogP contribution in [0.15, 0.2) is 79.0 Å². The number of hydrogen-bond donors (Lipinski definition) is 1. The maximum atomic E-state index is 4.46. The van der Waals surface area contributed by atoms with Gasteiger partial charge in [0.25, 0.3) is 0 Å². The molecule has 0 unspecified atom stereocenters. The molecule has 4 heteroatoms. The van der Waals surface area contributed by atoms with Crippen LogP contribution < -0.4 is 5.32 Å². The van der Waals surface area contributed by atoms with Crippen LogP contribution in [0.5, 0.6) is 0 Å². The molecule has 1 N–H and O–H groups in total. The number of benzene rings is 2. The fraction of sp³-hybridized carbons (Fsp3) is 0.0455. The van der Waals surface area contributed by atoms with Crippen molar-refractivity contribution >= 4 is 16.7 Å². The summed E-state index contributed by atoms with van der Waals surface area (Å²) in [5.41, 5.74) is 3.44. The smallest absolute Gasteiger partial charge is 0.162 e. The van der Waals surface area contributed by atoms with E-state index in [9.17, 15) is 0 Å². The summed E-state index contributed by atoms with van der Waals surface area (Å²) in [6.45, 7) is 0.675. The molecule has 0 atom stereocenters. The molecule has 0 fully saturated rings. The second kappa shape index (κ2) is 7.45. The zero-order valence-electron chi connectivity index (χ0n) is 14.1. The number of rotatable bonds is 3. The third-order valence-corrected chi connectivity index (χ3v) is 3.94. The Balaban J connectivity index is 1.66. The van der Waals surface area contributed by atoms with E-state index in [0.717, 1.165) is 16.5 Å². The normalized spacial score (nSPS) is 10.2. The summed E-state index contributed by atoms with van der Waals surface area (Å²) >= 11 is 0. The first-order valence-corrected chi connectivity index (χ1v) is 8.36. The highest BCUT2D eigenvalue weighted by Crippen LogP contribution is 2.21. The van der Waals surface area contributed by atoms with Gasteiger partial charge in [0.15, 0.2) is 11.5 Å². The average Bonchev–Trinajstić information content (AvgIpc) is 2.72. The Morgan fingerprint density at radius 3 is 2.35 bits per heavy atom. The van der Waals surface area contributed by atoms with Gasteiger partial charge in [0.1, 0.15) is 5.52 Å². The summed E-state index contributed by atoms with van der Waals surface area (Å²) in [5, 5.41) is 12.9. The van der Waals surface area contributed by atoms with Crippen molar-refractivity contribution in [3.05, 3.63) is 95.8 Å². The van der Waals surface area contributed by atoms with Crippen LogP contribution in [0.2, 0.25) is 0 Å². The number of aromatic nitrogens is 3. The number of nitrogens with zero attached hydrogens (tertiary/aromatic N) is 3. The van der Waals surface area contributed by atoms with Crippen molar-refractivity contribution in [1.82, 2.24) is 15.2 Å². The molecule has 0 bridgehead atoms. The second-order valence-electron chi connectivity index (χ2n) is 5.75. The highest BCUT2D eigenvalue weighted by molar-refractivity contribution is 5.91. The van der Waals surface area contributed by atoms with E-state index in [1.165, 1.54) is 5.56 Å². The van der Waals surface area contributed by atoms with Gasteiger partial charge in [-0.2, -0.15) is 0 Å². The van der Waals surface area contributed by atoms with Crippen LogP contribution in [-0.4, -0.2) is 15.2 Å². The summed E-state index contributed by atoms with van der Waals surface area (Å²) in [4.78, 5) is 4.46. The zero-order chi connectivity index (χ0) is 17.6. The minimum absolute atomic E-state index is 0.578. The third kappa shape index (κ3) is 3.52. The Bertz CT molecular complexity index is 1080. The largest absolute Gasteiger partial charge is 0.364 e. The highest BCUT2D eigenvalue weighted by Gasteiger charge is 2.08. The van der Waals surface area contributed by atoms with Gasteiger partial charge >= 0.3 is 0 Å². The molecule has 0 amide bonds. The van der Waals surface area contributed by atoms with Gasteiger partial charge in [-0.25, -0.2) is 0 Å². The lowest BCUT2D eigenvalue weighted by molar-refractivity contribution is 1.00. The number of nitrogens with one attached hydrogen (secondary N) is 1. The SMILES string of the molecule is C(#Cc1nnc(NCc2ccccc2)c2cccnc12)c1ccccc1. The van der Waals surface area contributed by atoms with Crippen LogP contribution in [0.3, 0.4) is 0 Å². The molecule has 0 aliphatic heterocycles. The minimum atomic E-state index is 0.578. The number of anilines is 1. The first-order valence-electron chi connectivity index (χ1n) is 8.36. The lowest BCUT2D eigenvalue weighted by atomic mass is 10.2. The van der Waals surface area contributed by atoms with Crippen molar-refractivity contribution in [1.29, 1.82) is 0 Å². The molecule has 2 heterocycles. The van der Waals surface area contributed by atoms with Gasteiger partial charge in [0.2, 0.25) is 0 Å². The van der Waals surface area contributed by atoms with Crippen LogP contribution in [0.1, 0.15) is 16.8 Å². The number of fused-ring (bicyclic) bond motifs is 1. The van der Waals surface area contributed by atoms with Crippen LogP contribution >= 0.6 is 0 Å². The van der Waals surface area contributed by atoms with Gasteiger partial charge < -0.3 is 5.32 Å². The Hall–Kier alpha value is -3.71. The number of pyridine rings is 1. The third-order valence-electron chi connectivity index (χ3n) is 3.94. The fourth-order valence-electron chi connectivity index (χ4n) is 2.64. The monoisotopic (exact) mass is 336 g/mol. The Morgan fingerprint density at radius 1 is 0.769 bits per heavy atom. The van der Waals surface area contributed by atoms with E-state index in [4.69, 9.17) is 0 Å². The summed E-state index contributed by atoms with van der Waals surface area (Å²) < 4.78 is 0. The molecule has 26 heavy (non-hydrogen) atoms. The maximum absolute atomic E-state index is 4.46. The Labute approximate surface area is 151 Å². The van der Waals surface area contributed by atoms with E-state index in [1.54, 1.807) is 6.20 Å². The summed E-state index contributed by atoms with van der Waals surface area (Å²) in [7, 11) is 0. The molecular formula is C22H16N4. The summed E-state index contributed by atoms with van der Waals surface area (Å²) in [5.74, 6) is 6.92. The van der Waals surface area contributed by atoms with Crippen molar-refractivity contribution in [2.75, 3.05) is 5.32 Å². The molecule has 0 aliphatic rings. The van der Waals surface area contributed by atoms with Crippen LogP contribution in [0.4, 0.5) is 5.82 Å². The molecule has 0 spiro atoms. The summed E-state index contributed by atoms with van der Waals surface area (Å²) in [6, 6.07) is 23.9. The van der Waals surface area contributed by atoms with Gasteiger partial charge in [-0.15, -0.1) is 10.2 Å². The maximum Gasteiger partial charge on any atom is 0.162 e. The van der Waals surface area contributed by atoms with Crippen LogP contribution in [-0.2, 0) is 6.54 Å². The van der Waals surface area contributed by atoms with Crippen molar-refractivity contribution in [3.8, 4) is 11.8 Å². The van der Waals surface area contributed by atoms with Gasteiger partial charge in [0, 0.05) is 23.7 Å². The average molecular weight is 336 g/mol. The van der Waals surface area contributed by atoms with E-state index in [1.807, 2.05) is 60.7 Å². The topological polar surface area (TPSA) is 50.7 Å². The van der Waals surface area contributed by atoms with Gasteiger partial charge in [-0.05, 0) is 35.7 Å². The Kier molecular flexibility index (Phi) is 4.53. The number of hydrogen-bond acceptors (Lipinski definition) is 4. The van der Waals surface area contributed by atoms with Crippen molar-refractivity contribution in [2.24, 2.45) is 0 Å². The molecular weight excluding hydrogens is 320 g/mol. The van der Waals surface area contributed by atoms with E-state index in [2.05, 4.69) is 44.5 Å². The molecule has 0 aliphatic carbocycles. The molecule has 4 rings (SSSR count). The molecule has 4 nitrogen and oxygen atoms in total. The quantitative estimate of drug-likeness (QED) is 0.574. The molecule has 0 saturated carbocycles. The molecule has 4 aromatic rings. The molecule has 2 aromatic heterocycles. The molecule has 0 saturated heterocycles. The first kappa shape index (κ1) is 15.8. The zero-order valence-corrected chi connectivity index (χ0v) is 14.1. The van der Waals surface area contributed by atoms with Crippen LogP contribution in [0.25, 0.3) is 10.9 Å². The van der Waals surface area contributed by atoms with E-state index in [0.29, 0.717) is 18.1 Å². The molecule has 124 valence electrons. The van der Waals surface area contributed by atoms with Gasteiger partial charge in [0.05, 0.1) is 0 Å². The molecule has 0 radical (unpaired) electrons. The van der Waals surface area contributed by atoms with Crippen molar-refractivity contribution in [2.45, 2.75) is 6.54 Å². The predicted octanol–water partition coefficient (Wildman–Crippen LogP) is 4.04. The minimum Gasteiger partial charge on any atom is -0.364 e. The lowest BCUT2D eigenvalue weighted by Crippen LogP contribution is -2.05. The standard InChI is InChI=1S/C22H16N4/c1-3-8-17(9-4-1)13-14-20-21-19(12-7-15-23-21)22(26-25-20)24-16-18-10-5-2-6-11-18/h1-12,15H,16H2,(H,24,26). The van der Waals surface area contributed by atoms with Crippen molar-refractivity contribution in [3.63, 3.8) is 0 Å². The lowest BCUT2D eigenvalue weighted by Gasteiger charge is -2.08. The van der Waals surface area contributed by atoms with Gasteiger partial charge in [-0.1, -0.05) is 54.5 Å². The van der Waals surface area contributed by atoms with Crippen LogP contribution in [0, 0.1) is 11.8 Å². The second-order valence-corrected chi connectivity index (χ2v) is 5.75. The van der Waals surface area contributed by atoms with Crippen molar-refractivity contribution < 1.29 is 0 Å². The fourth-order valence-corrected chi connectivity index (χ4v) is 2.64.